The molecule has 132 valence electrons. The molecule has 0 aromatic heterocycles. The Kier molecular flexibility index (Phi) is 5.01. The summed E-state index contributed by atoms with van der Waals surface area (Å²) in [5.41, 5.74) is 2.33. The number of nitrogens with one attached hydrogen (secondary N) is 1. The van der Waals surface area contributed by atoms with Gasteiger partial charge in [0.1, 0.15) is 0 Å². The first-order valence-electron chi connectivity index (χ1n) is 8.12. The minimum atomic E-state index is -3.68. The van der Waals surface area contributed by atoms with Gasteiger partial charge in [-0.3, -0.25) is 9.52 Å². The number of amides is 1. The van der Waals surface area contributed by atoms with Gasteiger partial charge in [-0.15, -0.1) is 0 Å². The van der Waals surface area contributed by atoms with Gasteiger partial charge in [-0.25, -0.2) is 8.42 Å². The van der Waals surface area contributed by atoms with Crippen LogP contribution in [0.2, 0.25) is 5.02 Å². The minimum Gasteiger partial charge on any atom is -0.312 e. The maximum Gasteiger partial charge on any atom is 0.261 e. The molecule has 5 nitrogen and oxygen atoms in total. The van der Waals surface area contributed by atoms with E-state index in [1.165, 1.54) is 24.3 Å². The van der Waals surface area contributed by atoms with E-state index in [2.05, 4.69) is 4.72 Å². The van der Waals surface area contributed by atoms with E-state index in [0.29, 0.717) is 30.1 Å². The highest BCUT2D eigenvalue weighted by Crippen LogP contribution is 2.31. The van der Waals surface area contributed by atoms with E-state index in [-0.39, 0.29) is 10.8 Å². The van der Waals surface area contributed by atoms with Gasteiger partial charge in [-0.05, 0) is 60.9 Å². The lowest BCUT2D eigenvalue weighted by Crippen LogP contribution is -2.35. The highest BCUT2D eigenvalue weighted by Gasteiger charge is 2.24. The number of hydrogen-bond acceptors (Lipinski definition) is 3. The van der Waals surface area contributed by atoms with E-state index in [0.717, 1.165) is 17.7 Å². The van der Waals surface area contributed by atoms with Crippen molar-refractivity contribution in [3.8, 4) is 0 Å². The quantitative estimate of drug-likeness (QED) is 0.859. The van der Waals surface area contributed by atoms with Gasteiger partial charge in [-0.1, -0.05) is 18.5 Å². The summed E-state index contributed by atoms with van der Waals surface area (Å²) in [5.74, 6) is 0.115. The van der Waals surface area contributed by atoms with E-state index in [1.807, 2.05) is 13.0 Å². The van der Waals surface area contributed by atoms with E-state index in [1.54, 1.807) is 17.0 Å². The summed E-state index contributed by atoms with van der Waals surface area (Å²) in [6, 6.07) is 11.3. The van der Waals surface area contributed by atoms with Crippen molar-refractivity contribution in [2.75, 3.05) is 16.2 Å². The number of carbonyl (C=O) groups is 1. The second-order valence-electron chi connectivity index (χ2n) is 5.95. The molecule has 0 atom stereocenters. The third-order valence-electron chi connectivity index (χ3n) is 4.10. The molecule has 0 saturated carbocycles. The molecule has 1 N–H and O–H groups in total. The SMILES string of the molecule is CCCN1C(=O)CCc2cc(NS(=O)(=O)c3ccc(Cl)cc3)ccc21. The molecule has 7 heteroatoms. The summed E-state index contributed by atoms with van der Waals surface area (Å²) < 4.78 is 27.6. The first-order valence-corrected chi connectivity index (χ1v) is 9.98. The fraction of sp³-hybridized carbons (Fsp3) is 0.278. The highest BCUT2D eigenvalue weighted by atomic mass is 35.5. The highest BCUT2D eigenvalue weighted by molar-refractivity contribution is 7.92. The number of rotatable bonds is 5. The molecule has 1 amide bonds. The number of carbonyl (C=O) groups excluding carboxylic acids is 1. The number of benzene rings is 2. The molecule has 1 aliphatic heterocycles. The van der Waals surface area contributed by atoms with Crippen LogP contribution in [0.5, 0.6) is 0 Å². The molecule has 0 bridgehead atoms. The van der Waals surface area contributed by atoms with Crippen molar-refractivity contribution in [3.05, 3.63) is 53.1 Å². The van der Waals surface area contributed by atoms with Crippen LogP contribution in [-0.4, -0.2) is 20.9 Å². The number of nitrogens with zero attached hydrogens (tertiary/aromatic N) is 1. The largest absolute Gasteiger partial charge is 0.312 e. The maximum absolute atomic E-state index is 12.5. The van der Waals surface area contributed by atoms with Crippen LogP contribution in [0.1, 0.15) is 25.3 Å². The summed E-state index contributed by atoms with van der Waals surface area (Å²) in [5, 5.41) is 0.480. The number of fused-ring (bicyclic) bond motifs is 1. The molecule has 2 aromatic carbocycles. The summed E-state index contributed by atoms with van der Waals surface area (Å²) in [7, 11) is -3.68. The Bertz CT molecular complexity index is 895. The van der Waals surface area contributed by atoms with Crippen LogP contribution in [0.15, 0.2) is 47.4 Å². The number of aryl methyl sites for hydroxylation is 1. The predicted octanol–water partition coefficient (Wildman–Crippen LogP) is 3.83. The first kappa shape index (κ1) is 17.8. The zero-order chi connectivity index (χ0) is 18.0. The lowest BCUT2D eigenvalue weighted by atomic mass is 10.0. The summed E-state index contributed by atoms with van der Waals surface area (Å²) in [4.78, 5) is 14.0. The molecule has 1 aliphatic rings. The van der Waals surface area contributed by atoms with Crippen molar-refractivity contribution in [3.63, 3.8) is 0 Å². The Hall–Kier alpha value is -2.05. The lowest BCUT2D eigenvalue weighted by molar-refractivity contribution is -0.118. The number of anilines is 2. The number of halogens is 1. The van der Waals surface area contributed by atoms with Gasteiger partial charge in [0.25, 0.3) is 10.0 Å². The molecule has 1 heterocycles. The smallest absolute Gasteiger partial charge is 0.261 e. The van der Waals surface area contributed by atoms with Gasteiger partial charge in [0.2, 0.25) is 5.91 Å². The van der Waals surface area contributed by atoms with Crippen molar-refractivity contribution in [1.29, 1.82) is 0 Å². The Morgan fingerprint density at radius 1 is 1.12 bits per heavy atom. The second kappa shape index (κ2) is 7.06. The molecular weight excluding hydrogens is 360 g/mol. The van der Waals surface area contributed by atoms with Gasteiger partial charge in [0, 0.05) is 29.4 Å². The Labute approximate surface area is 152 Å². The van der Waals surface area contributed by atoms with Crippen molar-refractivity contribution >= 4 is 38.9 Å². The van der Waals surface area contributed by atoms with Crippen LogP contribution in [0.3, 0.4) is 0 Å². The number of hydrogen-bond donors (Lipinski definition) is 1. The topological polar surface area (TPSA) is 66.5 Å². The Morgan fingerprint density at radius 3 is 2.52 bits per heavy atom. The van der Waals surface area contributed by atoms with Crippen LogP contribution in [0, 0.1) is 0 Å². The molecule has 0 fully saturated rings. The zero-order valence-corrected chi connectivity index (χ0v) is 15.4. The van der Waals surface area contributed by atoms with Crippen LogP contribution >= 0.6 is 11.6 Å². The summed E-state index contributed by atoms with van der Waals surface area (Å²) in [6.07, 6.45) is 1.93. The molecule has 2 aromatic rings. The average molecular weight is 379 g/mol. The van der Waals surface area contributed by atoms with Crippen LogP contribution in [0.4, 0.5) is 11.4 Å². The molecule has 25 heavy (non-hydrogen) atoms. The zero-order valence-electron chi connectivity index (χ0n) is 13.8. The fourth-order valence-corrected chi connectivity index (χ4v) is 4.10. The Morgan fingerprint density at radius 2 is 1.84 bits per heavy atom. The lowest BCUT2D eigenvalue weighted by Gasteiger charge is -2.29. The minimum absolute atomic E-state index is 0.115. The molecular formula is C18H19ClN2O3S. The van der Waals surface area contributed by atoms with Crippen LogP contribution in [-0.2, 0) is 21.2 Å². The normalized spacial score (nSPS) is 14.3. The summed E-state index contributed by atoms with van der Waals surface area (Å²) in [6.45, 7) is 2.69. The molecule has 0 saturated heterocycles. The Balaban J connectivity index is 1.87. The third kappa shape index (κ3) is 3.80. The molecule has 0 unspecified atom stereocenters. The van der Waals surface area contributed by atoms with Gasteiger partial charge in [-0.2, -0.15) is 0 Å². The van der Waals surface area contributed by atoms with E-state index in [4.69, 9.17) is 11.6 Å². The van der Waals surface area contributed by atoms with Gasteiger partial charge in [0.05, 0.1) is 4.90 Å². The fourth-order valence-electron chi connectivity index (χ4n) is 2.92. The van der Waals surface area contributed by atoms with E-state index >= 15 is 0 Å². The van der Waals surface area contributed by atoms with Gasteiger partial charge in [0.15, 0.2) is 0 Å². The van der Waals surface area contributed by atoms with Crippen molar-refractivity contribution in [1.82, 2.24) is 0 Å². The van der Waals surface area contributed by atoms with Crippen molar-refractivity contribution in [2.45, 2.75) is 31.1 Å². The van der Waals surface area contributed by atoms with Gasteiger partial charge < -0.3 is 4.90 Å². The monoisotopic (exact) mass is 378 g/mol. The standard InChI is InChI=1S/C18H19ClN2O3S/c1-2-11-21-17-9-6-15(12-13(17)3-10-18(21)22)20-25(23,24)16-7-4-14(19)5-8-16/h4-9,12,20H,2-3,10-11H2,1H3. The molecule has 0 spiro atoms. The van der Waals surface area contributed by atoms with E-state index < -0.39 is 10.0 Å². The van der Waals surface area contributed by atoms with Gasteiger partial charge >= 0.3 is 0 Å². The average Bonchev–Trinajstić information content (AvgIpc) is 2.57. The van der Waals surface area contributed by atoms with Crippen molar-refractivity contribution < 1.29 is 13.2 Å². The molecule has 0 radical (unpaired) electrons. The third-order valence-corrected chi connectivity index (χ3v) is 5.75. The van der Waals surface area contributed by atoms with Crippen LogP contribution in [0.25, 0.3) is 0 Å². The van der Waals surface area contributed by atoms with Crippen LogP contribution < -0.4 is 9.62 Å². The van der Waals surface area contributed by atoms with Crippen molar-refractivity contribution in [2.24, 2.45) is 0 Å². The first-order chi connectivity index (χ1) is 11.9. The van der Waals surface area contributed by atoms with E-state index in [9.17, 15) is 13.2 Å². The molecule has 0 aliphatic carbocycles. The second-order valence-corrected chi connectivity index (χ2v) is 8.07. The molecule has 3 rings (SSSR count). The predicted molar refractivity (Wildman–Crippen MR) is 99.7 cm³/mol. The summed E-state index contributed by atoms with van der Waals surface area (Å²) >= 11 is 5.81. The maximum atomic E-state index is 12.5. The number of sulfonamides is 1.